The Hall–Kier alpha value is -2.27. The van der Waals surface area contributed by atoms with Gasteiger partial charge >= 0.3 is 0 Å². The van der Waals surface area contributed by atoms with Crippen molar-refractivity contribution in [2.45, 2.75) is 44.6 Å². The van der Waals surface area contributed by atoms with Gasteiger partial charge in [0.05, 0.1) is 12.5 Å². The Morgan fingerprint density at radius 2 is 1.89 bits per heavy atom. The molecule has 0 saturated heterocycles. The van der Waals surface area contributed by atoms with Gasteiger partial charge in [-0.25, -0.2) is 0 Å². The van der Waals surface area contributed by atoms with E-state index in [2.05, 4.69) is 5.32 Å². The highest BCUT2D eigenvalue weighted by Gasteiger charge is 2.42. The number of methoxy groups -OCH3 is 1. The molecule has 0 radical (unpaired) electrons. The van der Waals surface area contributed by atoms with Gasteiger partial charge < -0.3 is 14.6 Å². The largest absolute Gasteiger partial charge is 0.496 e. The summed E-state index contributed by atoms with van der Waals surface area (Å²) < 4.78 is 6.76. The first-order valence-corrected chi connectivity index (χ1v) is 9.64. The number of pyridine rings is 1. The van der Waals surface area contributed by atoms with E-state index in [1.54, 1.807) is 4.57 Å². The number of nitrogens with one attached hydrogen (secondary N) is 1. The lowest BCUT2D eigenvalue weighted by molar-refractivity contribution is -0.126. The number of halogens is 1. The van der Waals surface area contributed by atoms with Gasteiger partial charge in [-0.2, -0.15) is 0 Å². The van der Waals surface area contributed by atoms with Gasteiger partial charge in [0, 0.05) is 29.9 Å². The molecule has 1 heterocycles. The van der Waals surface area contributed by atoms with Crippen LogP contribution in [0.2, 0.25) is 5.02 Å². The van der Waals surface area contributed by atoms with Gasteiger partial charge in [-0.1, -0.05) is 36.6 Å². The van der Waals surface area contributed by atoms with Crippen molar-refractivity contribution in [1.29, 1.82) is 0 Å². The summed E-state index contributed by atoms with van der Waals surface area (Å²) in [6, 6.07) is 10.8. The van der Waals surface area contributed by atoms with E-state index in [0.29, 0.717) is 23.9 Å². The molecule has 1 aromatic heterocycles. The third-order valence-electron chi connectivity index (χ3n) is 5.45. The van der Waals surface area contributed by atoms with Gasteiger partial charge in [-0.15, -0.1) is 0 Å². The summed E-state index contributed by atoms with van der Waals surface area (Å²) >= 11 is 6.00. The molecule has 1 fully saturated rings. The summed E-state index contributed by atoms with van der Waals surface area (Å²) in [5.41, 5.74) is 1.20. The molecule has 0 aliphatic heterocycles. The third-order valence-corrected chi connectivity index (χ3v) is 5.71. The molecule has 5 nitrogen and oxygen atoms in total. The molecule has 3 rings (SSSR count). The van der Waals surface area contributed by atoms with E-state index in [1.807, 2.05) is 37.3 Å². The summed E-state index contributed by atoms with van der Waals surface area (Å²) in [6.45, 7) is 2.69. The van der Waals surface area contributed by atoms with Gasteiger partial charge in [0.2, 0.25) is 5.91 Å². The number of benzene rings is 1. The van der Waals surface area contributed by atoms with Gasteiger partial charge in [0.15, 0.2) is 0 Å². The average Bonchev–Trinajstić information content (AvgIpc) is 3.15. The Morgan fingerprint density at radius 1 is 1.22 bits per heavy atom. The number of aryl methyl sites for hydroxylation is 1. The van der Waals surface area contributed by atoms with Crippen molar-refractivity contribution in [3.8, 4) is 5.75 Å². The fourth-order valence-corrected chi connectivity index (χ4v) is 4.07. The lowest BCUT2D eigenvalue weighted by Crippen LogP contribution is -2.44. The van der Waals surface area contributed by atoms with Crippen molar-refractivity contribution < 1.29 is 9.53 Å². The predicted molar refractivity (Wildman–Crippen MR) is 107 cm³/mol. The fraction of sp³-hybridized carbons (Fsp3) is 0.429. The van der Waals surface area contributed by atoms with E-state index < -0.39 is 5.41 Å². The van der Waals surface area contributed by atoms with Crippen molar-refractivity contribution in [1.82, 2.24) is 9.88 Å². The lowest BCUT2D eigenvalue weighted by atomic mass is 9.78. The Balaban J connectivity index is 1.71. The van der Waals surface area contributed by atoms with E-state index in [1.165, 1.54) is 13.2 Å². The Labute approximate surface area is 164 Å². The zero-order chi connectivity index (χ0) is 19.4. The van der Waals surface area contributed by atoms with Crippen LogP contribution in [0.1, 0.15) is 36.9 Å². The molecule has 0 bridgehead atoms. The zero-order valence-corrected chi connectivity index (χ0v) is 16.5. The summed E-state index contributed by atoms with van der Waals surface area (Å²) in [7, 11) is 1.54. The van der Waals surface area contributed by atoms with Crippen LogP contribution >= 0.6 is 11.6 Å². The maximum absolute atomic E-state index is 13.1. The number of nitrogens with zero attached hydrogens (tertiary/aromatic N) is 1. The predicted octanol–water partition coefficient (Wildman–Crippen LogP) is 3.45. The van der Waals surface area contributed by atoms with E-state index in [0.717, 1.165) is 36.9 Å². The van der Waals surface area contributed by atoms with Gasteiger partial charge in [0.1, 0.15) is 5.75 Å². The summed E-state index contributed by atoms with van der Waals surface area (Å²) in [4.78, 5) is 25.3. The number of ether oxygens (including phenoxy) is 1. The van der Waals surface area contributed by atoms with Gasteiger partial charge in [-0.05, 0) is 43.5 Å². The number of aromatic nitrogens is 1. The Bertz CT molecular complexity index is 868. The molecule has 0 unspecified atom stereocenters. The molecule has 1 aliphatic rings. The molecule has 27 heavy (non-hydrogen) atoms. The maximum atomic E-state index is 13.1. The van der Waals surface area contributed by atoms with Gasteiger partial charge in [0.25, 0.3) is 5.56 Å². The standard InChI is InChI=1S/C21H25ClN2O3/c1-15-13-18(27-2)14-19(25)24(15)12-11-23-20(26)21(9-3-4-10-21)16-5-7-17(22)8-6-16/h5-8,13-14H,3-4,9-12H2,1-2H3,(H,23,26). The molecule has 1 saturated carbocycles. The molecule has 1 aliphatic carbocycles. The number of carbonyl (C=O) groups is 1. The second kappa shape index (κ2) is 8.17. The van der Waals surface area contributed by atoms with E-state index in [-0.39, 0.29) is 11.5 Å². The van der Waals surface area contributed by atoms with Crippen molar-refractivity contribution in [3.05, 3.63) is 63.0 Å². The molecule has 1 N–H and O–H groups in total. The first-order chi connectivity index (χ1) is 13.0. The number of hydrogen-bond donors (Lipinski definition) is 1. The third kappa shape index (κ3) is 4.03. The van der Waals surface area contributed by atoms with Crippen LogP contribution in [0.5, 0.6) is 5.75 Å². The highest BCUT2D eigenvalue weighted by atomic mass is 35.5. The minimum Gasteiger partial charge on any atom is -0.496 e. The highest BCUT2D eigenvalue weighted by molar-refractivity contribution is 6.30. The number of hydrogen-bond acceptors (Lipinski definition) is 3. The van der Waals surface area contributed by atoms with E-state index in [9.17, 15) is 9.59 Å². The monoisotopic (exact) mass is 388 g/mol. The van der Waals surface area contributed by atoms with Crippen molar-refractivity contribution >= 4 is 17.5 Å². The molecule has 2 aromatic rings. The van der Waals surface area contributed by atoms with Crippen LogP contribution in [0.4, 0.5) is 0 Å². The van der Waals surface area contributed by atoms with Crippen LogP contribution in [0.25, 0.3) is 0 Å². The minimum absolute atomic E-state index is 0.0292. The fourth-order valence-electron chi connectivity index (χ4n) is 3.95. The van der Waals surface area contributed by atoms with Crippen LogP contribution < -0.4 is 15.6 Å². The topological polar surface area (TPSA) is 60.3 Å². The SMILES string of the molecule is COc1cc(C)n(CCNC(=O)C2(c3ccc(Cl)cc3)CCCC2)c(=O)c1. The van der Waals surface area contributed by atoms with Crippen molar-refractivity contribution in [2.24, 2.45) is 0 Å². The zero-order valence-electron chi connectivity index (χ0n) is 15.8. The van der Waals surface area contributed by atoms with Crippen LogP contribution in [0.3, 0.4) is 0 Å². The molecule has 144 valence electrons. The lowest BCUT2D eigenvalue weighted by Gasteiger charge is -2.28. The molecular weight excluding hydrogens is 364 g/mol. The van der Waals surface area contributed by atoms with Crippen LogP contribution in [-0.2, 0) is 16.8 Å². The number of rotatable bonds is 6. The molecule has 1 aromatic carbocycles. The first-order valence-electron chi connectivity index (χ1n) is 9.26. The Morgan fingerprint density at radius 3 is 2.48 bits per heavy atom. The second-order valence-corrected chi connectivity index (χ2v) is 7.51. The van der Waals surface area contributed by atoms with Gasteiger partial charge in [-0.3, -0.25) is 9.59 Å². The van der Waals surface area contributed by atoms with Crippen LogP contribution in [-0.4, -0.2) is 24.1 Å². The minimum atomic E-state index is -0.496. The highest BCUT2D eigenvalue weighted by Crippen LogP contribution is 2.41. The smallest absolute Gasteiger partial charge is 0.254 e. The summed E-state index contributed by atoms with van der Waals surface area (Å²) in [5, 5.41) is 3.72. The maximum Gasteiger partial charge on any atom is 0.254 e. The second-order valence-electron chi connectivity index (χ2n) is 7.08. The quantitative estimate of drug-likeness (QED) is 0.824. The van der Waals surface area contributed by atoms with E-state index in [4.69, 9.17) is 16.3 Å². The van der Waals surface area contributed by atoms with Crippen LogP contribution in [0, 0.1) is 6.92 Å². The molecule has 6 heteroatoms. The van der Waals surface area contributed by atoms with Crippen molar-refractivity contribution in [3.63, 3.8) is 0 Å². The average molecular weight is 389 g/mol. The number of amides is 1. The van der Waals surface area contributed by atoms with Crippen LogP contribution in [0.15, 0.2) is 41.2 Å². The molecule has 0 atom stereocenters. The molecule has 1 amide bonds. The summed E-state index contributed by atoms with van der Waals surface area (Å²) in [6.07, 6.45) is 3.74. The Kier molecular flexibility index (Phi) is 5.90. The summed E-state index contributed by atoms with van der Waals surface area (Å²) in [5.74, 6) is 0.576. The molecular formula is C21H25ClN2O3. The molecule has 0 spiro atoms. The first kappa shape index (κ1) is 19.5. The number of carbonyl (C=O) groups excluding carboxylic acids is 1. The normalized spacial score (nSPS) is 15.5. The van der Waals surface area contributed by atoms with Crippen molar-refractivity contribution in [2.75, 3.05) is 13.7 Å². The van der Waals surface area contributed by atoms with E-state index >= 15 is 0 Å².